The molecule has 1 aliphatic heterocycles. The number of hydrogen-bond acceptors (Lipinski definition) is 7. The lowest BCUT2D eigenvalue weighted by molar-refractivity contribution is 0.0704. The maximum absolute atomic E-state index is 13.3. The summed E-state index contributed by atoms with van der Waals surface area (Å²) in [6.07, 6.45) is 2.07. The number of carbonyl (C=O) groups excluding carboxylic acids is 1. The van der Waals surface area contributed by atoms with Crippen LogP contribution in [0.25, 0.3) is 0 Å². The standard InChI is InChI=1S/C24H28N4O5S/c1-26(13-11-19-6-4-3-5-7-19)34(30,31)20-8-9-22(32-2)21(18-20)27-14-16-28(17-15-27)24(29)23-10-12-25-33-23/h3-10,12,18H,11,13-17H2,1-2H3. The summed E-state index contributed by atoms with van der Waals surface area (Å²) in [6.45, 7) is 2.37. The number of anilines is 1. The summed E-state index contributed by atoms with van der Waals surface area (Å²) in [5.74, 6) is 0.582. The van der Waals surface area contributed by atoms with Crippen LogP contribution in [0.15, 0.2) is 70.2 Å². The maximum Gasteiger partial charge on any atom is 0.292 e. The predicted molar refractivity (Wildman–Crippen MR) is 128 cm³/mol. The highest BCUT2D eigenvalue weighted by Crippen LogP contribution is 2.32. The molecule has 9 nitrogen and oxygen atoms in total. The lowest BCUT2D eigenvalue weighted by Crippen LogP contribution is -2.48. The second-order valence-corrected chi connectivity index (χ2v) is 10.1. The van der Waals surface area contributed by atoms with Crippen molar-refractivity contribution in [1.82, 2.24) is 14.4 Å². The summed E-state index contributed by atoms with van der Waals surface area (Å²) in [5.41, 5.74) is 1.77. The zero-order chi connectivity index (χ0) is 24.1. The van der Waals surface area contributed by atoms with Gasteiger partial charge in [-0.2, -0.15) is 0 Å². The number of rotatable bonds is 8. The molecule has 0 aliphatic carbocycles. The molecule has 1 amide bonds. The molecular formula is C24H28N4O5S. The molecule has 0 spiro atoms. The van der Waals surface area contributed by atoms with E-state index in [-0.39, 0.29) is 16.6 Å². The molecule has 34 heavy (non-hydrogen) atoms. The van der Waals surface area contributed by atoms with Gasteiger partial charge in [-0.15, -0.1) is 0 Å². The van der Waals surface area contributed by atoms with Gasteiger partial charge in [0.2, 0.25) is 15.8 Å². The smallest absolute Gasteiger partial charge is 0.292 e. The fourth-order valence-corrected chi connectivity index (χ4v) is 5.13. The van der Waals surface area contributed by atoms with Gasteiger partial charge in [-0.1, -0.05) is 35.5 Å². The summed E-state index contributed by atoms with van der Waals surface area (Å²) in [6, 6.07) is 16.2. The SMILES string of the molecule is COc1ccc(S(=O)(=O)N(C)CCc2ccccc2)cc1N1CCN(C(=O)c2ccno2)CC1. The van der Waals surface area contributed by atoms with E-state index in [1.807, 2.05) is 35.2 Å². The van der Waals surface area contributed by atoms with Gasteiger partial charge in [-0.25, -0.2) is 12.7 Å². The molecule has 0 saturated carbocycles. The molecule has 180 valence electrons. The number of hydrogen-bond donors (Lipinski definition) is 0. The lowest BCUT2D eigenvalue weighted by atomic mass is 10.2. The van der Waals surface area contributed by atoms with Crippen molar-refractivity contribution >= 4 is 21.6 Å². The van der Waals surface area contributed by atoms with Crippen LogP contribution < -0.4 is 9.64 Å². The minimum absolute atomic E-state index is 0.206. The first-order valence-corrected chi connectivity index (χ1v) is 12.5. The van der Waals surface area contributed by atoms with E-state index >= 15 is 0 Å². The molecule has 0 bridgehead atoms. The van der Waals surface area contributed by atoms with Gasteiger partial charge in [0, 0.05) is 45.8 Å². The van der Waals surface area contributed by atoms with Gasteiger partial charge in [-0.05, 0) is 30.2 Å². The number of aromatic nitrogens is 1. The van der Waals surface area contributed by atoms with Crippen LogP contribution in [-0.2, 0) is 16.4 Å². The number of ether oxygens (including phenoxy) is 1. The quantitative estimate of drug-likeness (QED) is 0.485. The number of nitrogens with zero attached hydrogens (tertiary/aromatic N) is 4. The van der Waals surface area contributed by atoms with Crippen molar-refractivity contribution in [1.29, 1.82) is 0 Å². The molecule has 3 aromatic rings. The number of amides is 1. The van der Waals surface area contributed by atoms with Crippen molar-refractivity contribution in [3.05, 3.63) is 72.1 Å². The van der Waals surface area contributed by atoms with Crippen LogP contribution in [0.3, 0.4) is 0 Å². The van der Waals surface area contributed by atoms with Crippen LogP contribution in [0.2, 0.25) is 0 Å². The molecule has 0 atom stereocenters. The van der Waals surface area contributed by atoms with Gasteiger partial charge >= 0.3 is 0 Å². The number of carbonyl (C=O) groups is 1. The lowest BCUT2D eigenvalue weighted by Gasteiger charge is -2.36. The summed E-state index contributed by atoms with van der Waals surface area (Å²) in [7, 11) is -0.530. The minimum atomic E-state index is -3.68. The van der Waals surface area contributed by atoms with E-state index in [0.29, 0.717) is 50.6 Å². The van der Waals surface area contributed by atoms with E-state index in [1.165, 1.54) is 10.5 Å². The molecule has 1 aromatic heterocycles. The van der Waals surface area contributed by atoms with Crippen LogP contribution >= 0.6 is 0 Å². The molecule has 4 rings (SSSR count). The van der Waals surface area contributed by atoms with Crippen molar-refractivity contribution in [3.63, 3.8) is 0 Å². The third-order valence-corrected chi connectivity index (χ3v) is 7.83. The highest BCUT2D eigenvalue weighted by molar-refractivity contribution is 7.89. The fourth-order valence-electron chi connectivity index (χ4n) is 3.94. The first-order chi connectivity index (χ1) is 16.4. The predicted octanol–water partition coefficient (Wildman–Crippen LogP) is 2.51. The summed E-state index contributed by atoms with van der Waals surface area (Å²) < 4.78 is 38.4. The summed E-state index contributed by atoms with van der Waals surface area (Å²) >= 11 is 0. The molecule has 2 aromatic carbocycles. The van der Waals surface area contributed by atoms with Crippen molar-refractivity contribution in [2.24, 2.45) is 0 Å². The fraction of sp³-hybridized carbons (Fsp3) is 0.333. The Bertz CT molecular complexity index is 1210. The highest BCUT2D eigenvalue weighted by Gasteiger charge is 2.28. The number of sulfonamides is 1. The molecule has 0 N–H and O–H groups in total. The van der Waals surface area contributed by atoms with Crippen LogP contribution in [0.1, 0.15) is 16.1 Å². The Hall–Kier alpha value is -3.37. The van der Waals surface area contributed by atoms with E-state index in [9.17, 15) is 13.2 Å². The van der Waals surface area contributed by atoms with Gasteiger partial charge in [-0.3, -0.25) is 4.79 Å². The van der Waals surface area contributed by atoms with Gasteiger partial charge < -0.3 is 19.1 Å². The Morgan fingerprint density at radius 3 is 2.47 bits per heavy atom. The Labute approximate surface area is 199 Å². The van der Waals surface area contributed by atoms with E-state index < -0.39 is 10.0 Å². The first-order valence-electron chi connectivity index (χ1n) is 11.0. The number of benzene rings is 2. The van der Waals surface area contributed by atoms with Gasteiger partial charge in [0.05, 0.1) is 23.9 Å². The van der Waals surface area contributed by atoms with Crippen molar-refractivity contribution < 1.29 is 22.5 Å². The largest absolute Gasteiger partial charge is 0.495 e. The molecular weight excluding hydrogens is 456 g/mol. The second-order valence-electron chi connectivity index (χ2n) is 8.05. The summed E-state index contributed by atoms with van der Waals surface area (Å²) in [4.78, 5) is 16.5. The average molecular weight is 485 g/mol. The average Bonchev–Trinajstić information content (AvgIpc) is 3.42. The Morgan fingerprint density at radius 2 is 1.82 bits per heavy atom. The van der Waals surface area contributed by atoms with E-state index in [0.717, 1.165) is 5.56 Å². The van der Waals surface area contributed by atoms with Crippen LogP contribution in [0, 0.1) is 0 Å². The molecule has 1 saturated heterocycles. The van der Waals surface area contributed by atoms with E-state index in [2.05, 4.69) is 5.16 Å². The van der Waals surface area contributed by atoms with Gasteiger partial charge in [0.15, 0.2) is 0 Å². The van der Waals surface area contributed by atoms with Crippen molar-refractivity contribution in [2.75, 3.05) is 51.8 Å². The van der Waals surface area contributed by atoms with Crippen LogP contribution in [-0.4, -0.2) is 75.6 Å². The van der Waals surface area contributed by atoms with Crippen molar-refractivity contribution in [2.45, 2.75) is 11.3 Å². The normalized spacial score (nSPS) is 14.4. The van der Waals surface area contributed by atoms with Crippen LogP contribution in [0.4, 0.5) is 5.69 Å². The Kier molecular flexibility index (Phi) is 7.18. The zero-order valence-corrected chi connectivity index (χ0v) is 20.1. The molecule has 1 fully saturated rings. The maximum atomic E-state index is 13.3. The number of methoxy groups -OCH3 is 1. The van der Waals surface area contributed by atoms with Crippen LogP contribution in [0.5, 0.6) is 5.75 Å². The topological polar surface area (TPSA) is 96.2 Å². The minimum Gasteiger partial charge on any atom is -0.495 e. The first kappa shape index (κ1) is 23.8. The van der Waals surface area contributed by atoms with Crippen molar-refractivity contribution in [3.8, 4) is 5.75 Å². The molecule has 0 radical (unpaired) electrons. The molecule has 10 heteroatoms. The van der Waals surface area contributed by atoms with E-state index in [1.54, 1.807) is 43.3 Å². The molecule has 2 heterocycles. The van der Waals surface area contributed by atoms with Gasteiger partial charge in [0.25, 0.3) is 5.91 Å². The Balaban J connectivity index is 1.47. The number of piperazine rings is 1. The second kappa shape index (κ2) is 10.3. The molecule has 1 aliphatic rings. The molecule has 0 unspecified atom stereocenters. The number of likely N-dealkylation sites (N-methyl/N-ethyl adjacent to an activating group) is 1. The summed E-state index contributed by atoms with van der Waals surface area (Å²) in [5, 5.41) is 3.59. The monoisotopic (exact) mass is 484 g/mol. The van der Waals surface area contributed by atoms with E-state index in [4.69, 9.17) is 9.26 Å². The highest BCUT2D eigenvalue weighted by atomic mass is 32.2. The van der Waals surface area contributed by atoms with Gasteiger partial charge in [0.1, 0.15) is 5.75 Å². The Morgan fingerprint density at radius 1 is 1.09 bits per heavy atom. The third-order valence-electron chi connectivity index (χ3n) is 5.97. The third kappa shape index (κ3) is 5.07. The zero-order valence-electron chi connectivity index (χ0n) is 19.3.